The molecule has 3 nitrogen and oxygen atoms in total. The normalized spacial score (nSPS) is 30.8. The van der Waals surface area contributed by atoms with Crippen molar-refractivity contribution in [3.05, 3.63) is 23.5 Å². The molecule has 0 aliphatic heterocycles. The van der Waals surface area contributed by atoms with E-state index in [9.17, 15) is 14.4 Å². The number of aliphatic hydroxyl groups is 1. The molecule has 0 fully saturated rings. The monoisotopic (exact) mass is 184 g/mol. The van der Waals surface area contributed by atoms with Crippen LogP contribution in [0.3, 0.4) is 0 Å². The van der Waals surface area contributed by atoms with E-state index in [0.717, 1.165) is 12.8 Å². The maximum absolute atomic E-state index is 11.7. The first-order valence-electron chi connectivity index (χ1n) is 4.18. The van der Waals surface area contributed by atoms with Crippen LogP contribution < -0.4 is 0 Å². The van der Waals surface area contributed by atoms with Crippen LogP contribution in [0.25, 0.3) is 0 Å². The Kier molecular flexibility index (Phi) is 1.83. The fourth-order valence-electron chi connectivity index (χ4n) is 1.98. The van der Waals surface area contributed by atoms with Gasteiger partial charge in [-0.1, -0.05) is 12.2 Å². The zero-order chi connectivity index (χ0) is 9.42. The molecular formula is C9H9FO3. The number of aliphatic hydroxyl groups excluding tert-OH is 1. The lowest BCUT2D eigenvalue weighted by Crippen LogP contribution is -2.26. The molecular weight excluding hydrogens is 175 g/mol. The largest absolute Gasteiger partial charge is 0.511 e. The predicted octanol–water partition coefficient (Wildman–Crippen LogP) is 1.82. The number of hydrogen-bond donors (Lipinski definition) is 1. The van der Waals surface area contributed by atoms with Crippen LogP contribution in [0.4, 0.5) is 4.53 Å². The lowest BCUT2D eigenvalue weighted by molar-refractivity contribution is -0.179. The molecule has 0 heterocycles. The van der Waals surface area contributed by atoms with E-state index in [4.69, 9.17) is 0 Å². The summed E-state index contributed by atoms with van der Waals surface area (Å²) < 4.78 is 11.7. The smallest absolute Gasteiger partial charge is 0.379 e. The minimum Gasteiger partial charge on any atom is -0.511 e. The lowest BCUT2D eigenvalue weighted by Gasteiger charge is -2.30. The highest BCUT2D eigenvalue weighted by Gasteiger charge is 2.36. The van der Waals surface area contributed by atoms with Gasteiger partial charge in [0.25, 0.3) is 0 Å². The lowest BCUT2D eigenvalue weighted by atomic mass is 9.75. The average Bonchev–Trinajstić information content (AvgIpc) is 2.18. The highest BCUT2D eigenvalue weighted by molar-refractivity contribution is 5.90. The van der Waals surface area contributed by atoms with Crippen molar-refractivity contribution in [1.82, 2.24) is 0 Å². The molecule has 2 bridgehead atoms. The van der Waals surface area contributed by atoms with Crippen molar-refractivity contribution in [1.29, 1.82) is 0 Å². The van der Waals surface area contributed by atoms with Crippen LogP contribution in [0, 0.1) is 11.8 Å². The van der Waals surface area contributed by atoms with Crippen molar-refractivity contribution in [3.63, 3.8) is 0 Å². The molecule has 13 heavy (non-hydrogen) atoms. The van der Waals surface area contributed by atoms with Crippen LogP contribution in [-0.2, 0) is 9.74 Å². The summed E-state index contributed by atoms with van der Waals surface area (Å²) in [5, 5.41) is 9.52. The quantitative estimate of drug-likeness (QED) is 0.632. The van der Waals surface area contributed by atoms with Crippen molar-refractivity contribution in [3.8, 4) is 0 Å². The van der Waals surface area contributed by atoms with Gasteiger partial charge in [-0.15, -0.1) is 0 Å². The topological polar surface area (TPSA) is 46.5 Å². The van der Waals surface area contributed by atoms with E-state index in [-0.39, 0.29) is 23.2 Å². The molecule has 0 aromatic rings. The Hall–Kier alpha value is -1.32. The molecule has 2 unspecified atom stereocenters. The van der Waals surface area contributed by atoms with Gasteiger partial charge < -0.3 is 5.11 Å². The summed E-state index contributed by atoms with van der Waals surface area (Å²) in [6, 6.07) is 0. The molecule has 0 saturated heterocycles. The van der Waals surface area contributed by atoms with Gasteiger partial charge in [-0.25, -0.2) is 9.74 Å². The molecule has 0 amide bonds. The third kappa shape index (κ3) is 1.13. The molecule has 3 aliphatic rings. The second-order valence-electron chi connectivity index (χ2n) is 3.34. The van der Waals surface area contributed by atoms with Crippen LogP contribution in [0.5, 0.6) is 0 Å². The SMILES string of the molecule is O=C(OF)C1=C(O)C2C=CC1CC2. The molecule has 3 aliphatic carbocycles. The summed E-state index contributed by atoms with van der Waals surface area (Å²) in [5.41, 5.74) is 0.0845. The number of carbonyl (C=O) groups excluding carboxylic acids is 1. The van der Waals surface area contributed by atoms with Gasteiger partial charge in [0, 0.05) is 16.4 Å². The molecule has 4 heteroatoms. The first kappa shape index (κ1) is 8.29. The van der Waals surface area contributed by atoms with Gasteiger partial charge in [0.1, 0.15) is 5.76 Å². The first-order valence-corrected chi connectivity index (χ1v) is 4.18. The highest BCUT2D eigenvalue weighted by atomic mass is 19.3. The van der Waals surface area contributed by atoms with Crippen LogP contribution in [-0.4, -0.2) is 11.1 Å². The van der Waals surface area contributed by atoms with E-state index in [0.29, 0.717) is 0 Å². The van der Waals surface area contributed by atoms with Crippen molar-refractivity contribution < 1.29 is 19.4 Å². The first-order chi connectivity index (χ1) is 6.24. The van der Waals surface area contributed by atoms with Crippen molar-refractivity contribution in [2.45, 2.75) is 12.8 Å². The molecule has 0 saturated carbocycles. The Morgan fingerprint density at radius 2 is 2.08 bits per heavy atom. The zero-order valence-corrected chi connectivity index (χ0v) is 6.87. The van der Waals surface area contributed by atoms with Crippen LogP contribution in [0.15, 0.2) is 23.5 Å². The number of hydrogen-bond acceptors (Lipinski definition) is 3. The minimum atomic E-state index is -1.06. The van der Waals surface area contributed by atoms with E-state index < -0.39 is 5.97 Å². The molecule has 0 radical (unpaired) electrons. The number of allylic oxidation sites excluding steroid dienone is 2. The number of rotatable bonds is 1. The van der Waals surface area contributed by atoms with Crippen LogP contribution in [0.1, 0.15) is 12.8 Å². The molecule has 0 aromatic heterocycles. The summed E-state index contributed by atoms with van der Waals surface area (Å²) in [7, 11) is 0. The van der Waals surface area contributed by atoms with Gasteiger partial charge in [0.2, 0.25) is 0 Å². The Bertz CT molecular complexity index is 306. The van der Waals surface area contributed by atoms with E-state index >= 15 is 0 Å². The van der Waals surface area contributed by atoms with E-state index in [1.807, 2.05) is 12.2 Å². The van der Waals surface area contributed by atoms with Gasteiger partial charge >= 0.3 is 5.97 Å². The third-order valence-electron chi connectivity index (χ3n) is 2.65. The summed E-state index contributed by atoms with van der Waals surface area (Å²) in [6.45, 7) is 0. The molecule has 1 N–H and O–H groups in total. The number of fused-ring (bicyclic) bond motifs is 1. The number of carbonyl (C=O) groups is 1. The van der Waals surface area contributed by atoms with E-state index in [2.05, 4.69) is 4.94 Å². The fourth-order valence-corrected chi connectivity index (χ4v) is 1.98. The second-order valence-corrected chi connectivity index (χ2v) is 3.34. The maximum atomic E-state index is 11.7. The number of halogens is 1. The minimum absolute atomic E-state index is 0.0265. The standard InChI is InChI=1S/C9H9FO3/c10-13-9(12)7-5-1-3-6(4-2-5)8(7)11/h1,3,5-6,11H,2,4H2. The molecule has 2 atom stereocenters. The summed E-state index contributed by atoms with van der Waals surface area (Å²) in [5.74, 6) is -1.38. The Morgan fingerprint density at radius 1 is 1.46 bits per heavy atom. The zero-order valence-electron chi connectivity index (χ0n) is 6.87. The summed E-state index contributed by atoms with van der Waals surface area (Å²) in [4.78, 5) is 14.0. The van der Waals surface area contributed by atoms with E-state index in [1.54, 1.807) is 0 Å². The molecule has 0 aromatic carbocycles. The van der Waals surface area contributed by atoms with Gasteiger partial charge in [0.05, 0.1) is 5.57 Å². The van der Waals surface area contributed by atoms with Gasteiger partial charge in [-0.2, -0.15) is 0 Å². The van der Waals surface area contributed by atoms with Crippen LogP contribution in [0.2, 0.25) is 0 Å². The van der Waals surface area contributed by atoms with Crippen molar-refractivity contribution in [2.75, 3.05) is 0 Å². The average molecular weight is 184 g/mol. The predicted molar refractivity (Wildman–Crippen MR) is 42.2 cm³/mol. The van der Waals surface area contributed by atoms with Gasteiger partial charge in [-0.05, 0) is 12.8 Å². The Labute approximate surface area is 74.4 Å². The summed E-state index contributed by atoms with van der Waals surface area (Å²) >= 11 is 0. The van der Waals surface area contributed by atoms with Crippen molar-refractivity contribution >= 4 is 5.97 Å². The maximum Gasteiger partial charge on any atom is 0.379 e. The van der Waals surface area contributed by atoms with Gasteiger partial charge in [-0.3, -0.25) is 0 Å². The Balaban J connectivity index is 2.36. The fraction of sp³-hybridized carbons (Fsp3) is 0.444. The van der Waals surface area contributed by atoms with Crippen LogP contribution >= 0.6 is 0 Å². The third-order valence-corrected chi connectivity index (χ3v) is 2.65. The second kappa shape index (κ2) is 2.87. The molecule has 0 spiro atoms. The molecule has 3 rings (SSSR count). The van der Waals surface area contributed by atoms with Gasteiger partial charge in [0.15, 0.2) is 0 Å². The summed E-state index contributed by atoms with van der Waals surface area (Å²) in [6.07, 6.45) is 5.25. The van der Waals surface area contributed by atoms with E-state index in [1.165, 1.54) is 0 Å². The highest BCUT2D eigenvalue weighted by Crippen LogP contribution is 2.39. The van der Waals surface area contributed by atoms with Crippen molar-refractivity contribution in [2.24, 2.45) is 11.8 Å². The Morgan fingerprint density at radius 3 is 2.54 bits per heavy atom. The molecule has 70 valence electrons.